The van der Waals surface area contributed by atoms with Crippen LogP contribution in [0.3, 0.4) is 0 Å². The van der Waals surface area contributed by atoms with E-state index in [0.29, 0.717) is 5.69 Å². The quantitative estimate of drug-likeness (QED) is 0.821. The molecule has 17 heavy (non-hydrogen) atoms. The standard InChI is InChI=1S/C13H11NO3/c1-14-7-6-11(12(14)8-15)9-2-4-10(5-3-9)13(16)17/h2-8H,1H3,(H,16,17). The number of aromatic carboxylic acids is 1. The first-order chi connectivity index (χ1) is 8.13. The lowest BCUT2D eigenvalue weighted by Crippen LogP contribution is -1.96. The molecule has 4 nitrogen and oxygen atoms in total. The lowest BCUT2D eigenvalue weighted by atomic mass is 10.0. The third-order valence-corrected chi connectivity index (χ3v) is 2.68. The molecule has 86 valence electrons. The first-order valence-electron chi connectivity index (χ1n) is 5.07. The van der Waals surface area contributed by atoms with Gasteiger partial charge in [0, 0.05) is 18.8 Å². The Balaban J connectivity index is 2.46. The lowest BCUT2D eigenvalue weighted by Gasteiger charge is -2.02. The Hall–Kier alpha value is -2.36. The highest BCUT2D eigenvalue weighted by Gasteiger charge is 2.09. The number of aromatic nitrogens is 1. The van der Waals surface area contributed by atoms with Crippen molar-refractivity contribution in [3.05, 3.63) is 47.8 Å². The molecule has 0 aliphatic rings. The number of carboxylic acid groups (broad SMARTS) is 1. The summed E-state index contributed by atoms with van der Waals surface area (Å²) in [5.74, 6) is -0.958. The largest absolute Gasteiger partial charge is 0.478 e. The highest BCUT2D eigenvalue weighted by molar-refractivity contribution is 5.90. The van der Waals surface area contributed by atoms with Gasteiger partial charge in [-0.05, 0) is 23.8 Å². The number of carboxylic acids is 1. The smallest absolute Gasteiger partial charge is 0.335 e. The number of nitrogens with zero attached hydrogens (tertiary/aromatic N) is 1. The van der Waals surface area contributed by atoms with Crippen LogP contribution in [0.5, 0.6) is 0 Å². The minimum Gasteiger partial charge on any atom is -0.478 e. The Bertz CT molecular complexity index is 567. The maximum atomic E-state index is 10.9. The van der Waals surface area contributed by atoms with Crippen LogP contribution in [-0.4, -0.2) is 21.9 Å². The number of rotatable bonds is 3. The van der Waals surface area contributed by atoms with Gasteiger partial charge in [0.25, 0.3) is 0 Å². The molecule has 0 unspecified atom stereocenters. The molecule has 1 N–H and O–H groups in total. The fraction of sp³-hybridized carbons (Fsp3) is 0.0769. The molecule has 0 radical (unpaired) electrons. The Kier molecular flexibility index (Phi) is 2.78. The Morgan fingerprint density at radius 3 is 2.41 bits per heavy atom. The summed E-state index contributed by atoms with van der Waals surface area (Å²) in [6.45, 7) is 0. The summed E-state index contributed by atoms with van der Waals surface area (Å²) in [6, 6.07) is 8.29. The van der Waals surface area contributed by atoms with E-state index in [-0.39, 0.29) is 5.56 Å². The van der Waals surface area contributed by atoms with Crippen molar-refractivity contribution in [3.8, 4) is 11.1 Å². The fourth-order valence-electron chi connectivity index (χ4n) is 1.73. The Morgan fingerprint density at radius 1 is 1.24 bits per heavy atom. The third-order valence-electron chi connectivity index (χ3n) is 2.68. The van der Waals surface area contributed by atoms with Crippen molar-refractivity contribution in [2.45, 2.75) is 0 Å². The molecule has 0 fully saturated rings. The van der Waals surface area contributed by atoms with Crippen molar-refractivity contribution in [2.24, 2.45) is 7.05 Å². The highest BCUT2D eigenvalue weighted by atomic mass is 16.4. The fourth-order valence-corrected chi connectivity index (χ4v) is 1.73. The van der Waals surface area contributed by atoms with Crippen molar-refractivity contribution in [3.63, 3.8) is 0 Å². The van der Waals surface area contributed by atoms with Crippen LogP contribution in [0.1, 0.15) is 20.8 Å². The van der Waals surface area contributed by atoms with E-state index in [1.54, 1.807) is 29.9 Å². The summed E-state index contributed by atoms with van der Waals surface area (Å²) in [5, 5.41) is 8.79. The normalized spacial score (nSPS) is 10.2. The van der Waals surface area contributed by atoms with Gasteiger partial charge in [0.05, 0.1) is 11.3 Å². The van der Waals surface area contributed by atoms with Crippen molar-refractivity contribution in [1.29, 1.82) is 0 Å². The molecule has 1 heterocycles. The molecule has 0 spiro atoms. The first kappa shape index (κ1) is 11.1. The Labute approximate surface area is 98.1 Å². The molecule has 0 saturated carbocycles. The molecular weight excluding hydrogens is 218 g/mol. The molecule has 0 bridgehead atoms. The van der Waals surface area contributed by atoms with E-state index >= 15 is 0 Å². The van der Waals surface area contributed by atoms with Gasteiger partial charge in [0.15, 0.2) is 6.29 Å². The van der Waals surface area contributed by atoms with Gasteiger partial charge < -0.3 is 9.67 Å². The van der Waals surface area contributed by atoms with Crippen LogP contribution in [0.2, 0.25) is 0 Å². The number of hydrogen-bond acceptors (Lipinski definition) is 2. The zero-order chi connectivity index (χ0) is 12.4. The van der Waals surface area contributed by atoms with Crippen LogP contribution < -0.4 is 0 Å². The third kappa shape index (κ3) is 1.97. The Morgan fingerprint density at radius 2 is 1.88 bits per heavy atom. The molecule has 1 aromatic carbocycles. The van der Waals surface area contributed by atoms with Crippen LogP contribution in [0, 0.1) is 0 Å². The van der Waals surface area contributed by atoms with Crippen molar-refractivity contribution >= 4 is 12.3 Å². The topological polar surface area (TPSA) is 59.3 Å². The molecule has 0 atom stereocenters. The van der Waals surface area contributed by atoms with E-state index in [4.69, 9.17) is 5.11 Å². The zero-order valence-corrected chi connectivity index (χ0v) is 9.25. The molecule has 0 saturated heterocycles. The van der Waals surface area contributed by atoms with Gasteiger partial charge in [0.2, 0.25) is 0 Å². The van der Waals surface area contributed by atoms with E-state index in [1.165, 1.54) is 12.1 Å². The van der Waals surface area contributed by atoms with E-state index in [9.17, 15) is 9.59 Å². The summed E-state index contributed by atoms with van der Waals surface area (Å²) < 4.78 is 1.73. The molecule has 0 amide bonds. The maximum Gasteiger partial charge on any atom is 0.335 e. The predicted molar refractivity (Wildman–Crippen MR) is 63.2 cm³/mol. The number of carbonyl (C=O) groups is 2. The lowest BCUT2D eigenvalue weighted by molar-refractivity contribution is 0.0696. The molecular formula is C13H11NO3. The van der Waals surface area contributed by atoms with Gasteiger partial charge in [-0.1, -0.05) is 12.1 Å². The molecule has 4 heteroatoms. The number of benzene rings is 1. The van der Waals surface area contributed by atoms with Crippen LogP contribution in [0.25, 0.3) is 11.1 Å². The van der Waals surface area contributed by atoms with E-state index in [1.807, 2.05) is 6.07 Å². The second-order valence-electron chi connectivity index (χ2n) is 3.73. The van der Waals surface area contributed by atoms with Gasteiger partial charge in [-0.15, -0.1) is 0 Å². The molecule has 2 aromatic rings. The van der Waals surface area contributed by atoms with Crippen molar-refractivity contribution < 1.29 is 14.7 Å². The van der Waals surface area contributed by atoms with Gasteiger partial charge in [-0.3, -0.25) is 4.79 Å². The molecule has 0 aliphatic carbocycles. The summed E-state index contributed by atoms with van der Waals surface area (Å²) in [7, 11) is 1.79. The number of carbonyl (C=O) groups excluding carboxylic acids is 1. The number of aldehydes is 1. The van der Waals surface area contributed by atoms with Gasteiger partial charge >= 0.3 is 5.97 Å². The van der Waals surface area contributed by atoms with E-state index in [2.05, 4.69) is 0 Å². The summed E-state index contributed by atoms with van der Waals surface area (Å²) in [5.41, 5.74) is 2.45. The molecule has 1 aromatic heterocycles. The molecule has 0 aliphatic heterocycles. The van der Waals surface area contributed by atoms with Crippen molar-refractivity contribution in [1.82, 2.24) is 4.57 Å². The zero-order valence-electron chi connectivity index (χ0n) is 9.25. The van der Waals surface area contributed by atoms with Crippen LogP contribution in [0.4, 0.5) is 0 Å². The van der Waals surface area contributed by atoms with Gasteiger partial charge in [0.1, 0.15) is 0 Å². The minimum atomic E-state index is -0.958. The van der Waals surface area contributed by atoms with Crippen molar-refractivity contribution in [2.75, 3.05) is 0 Å². The minimum absolute atomic E-state index is 0.234. The van der Waals surface area contributed by atoms with Gasteiger partial charge in [-0.25, -0.2) is 4.79 Å². The number of hydrogen-bond donors (Lipinski definition) is 1. The maximum absolute atomic E-state index is 10.9. The average Bonchev–Trinajstić information content (AvgIpc) is 2.70. The SMILES string of the molecule is Cn1ccc(-c2ccc(C(=O)O)cc2)c1C=O. The van der Waals surface area contributed by atoms with E-state index < -0.39 is 5.97 Å². The van der Waals surface area contributed by atoms with Gasteiger partial charge in [-0.2, -0.15) is 0 Å². The van der Waals surface area contributed by atoms with Crippen LogP contribution >= 0.6 is 0 Å². The summed E-state index contributed by atoms with van der Waals surface area (Å²) in [4.78, 5) is 21.7. The number of aryl methyl sites for hydroxylation is 1. The second-order valence-corrected chi connectivity index (χ2v) is 3.73. The summed E-state index contributed by atoms with van der Waals surface area (Å²) >= 11 is 0. The van der Waals surface area contributed by atoms with E-state index in [0.717, 1.165) is 17.4 Å². The highest BCUT2D eigenvalue weighted by Crippen LogP contribution is 2.23. The van der Waals surface area contributed by atoms with Crippen LogP contribution in [0.15, 0.2) is 36.5 Å². The molecule has 2 rings (SSSR count). The predicted octanol–water partition coefficient (Wildman–Crippen LogP) is 2.20. The summed E-state index contributed by atoms with van der Waals surface area (Å²) in [6.07, 6.45) is 2.59. The monoisotopic (exact) mass is 229 g/mol. The first-order valence-corrected chi connectivity index (χ1v) is 5.07. The second kappa shape index (κ2) is 4.25. The van der Waals surface area contributed by atoms with Crippen LogP contribution in [-0.2, 0) is 7.05 Å². The average molecular weight is 229 g/mol.